The molecule has 0 amide bonds. The van der Waals surface area contributed by atoms with Crippen molar-refractivity contribution < 1.29 is 14.3 Å². The maximum atomic E-state index is 10.6. The quantitative estimate of drug-likeness (QED) is 0.632. The van der Waals surface area contributed by atoms with E-state index in [1.54, 1.807) is 26.4 Å². The summed E-state index contributed by atoms with van der Waals surface area (Å²) in [5.74, 6) is 1.24. The largest absolute Gasteiger partial charge is 0.493 e. The van der Waals surface area contributed by atoms with Crippen molar-refractivity contribution in [2.24, 2.45) is 0 Å². The van der Waals surface area contributed by atoms with Crippen LogP contribution in [0.5, 0.6) is 11.5 Å². The Labute approximate surface area is 90.2 Å². The van der Waals surface area contributed by atoms with Gasteiger partial charge < -0.3 is 9.47 Å². The highest BCUT2D eigenvalue weighted by atomic mass is 127. The second-order valence-corrected chi connectivity index (χ2v) is 3.40. The van der Waals surface area contributed by atoms with Crippen molar-refractivity contribution in [2.75, 3.05) is 14.2 Å². The molecular formula is C9H9IO3. The lowest BCUT2D eigenvalue weighted by Gasteiger charge is -2.09. The number of benzene rings is 1. The first-order valence-electron chi connectivity index (χ1n) is 3.60. The number of carbonyl (C=O) groups is 1. The van der Waals surface area contributed by atoms with E-state index >= 15 is 0 Å². The predicted molar refractivity (Wildman–Crippen MR) is 57.7 cm³/mol. The highest BCUT2D eigenvalue weighted by molar-refractivity contribution is 14.1. The van der Waals surface area contributed by atoms with Crippen LogP contribution in [0.2, 0.25) is 0 Å². The van der Waals surface area contributed by atoms with Crippen molar-refractivity contribution in [3.63, 3.8) is 0 Å². The van der Waals surface area contributed by atoms with Crippen LogP contribution in [0.4, 0.5) is 0 Å². The van der Waals surface area contributed by atoms with E-state index in [-0.39, 0.29) is 0 Å². The van der Waals surface area contributed by atoms with Crippen molar-refractivity contribution in [3.05, 3.63) is 21.3 Å². The molecule has 1 aromatic carbocycles. The summed E-state index contributed by atoms with van der Waals surface area (Å²) < 4.78 is 11.0. The number of methoxy groups -OCH3 is 2. The minimum atomic E-state index is 0.604. The van der Waals surface area contributed by atoms with Gasteiger partial charge in [-0.1, -0.05) is 0 Å². The average molecular weight is 292 g/mol. The molecule has 0 bridgehead atoms. The van der Waals surface area contributed by atoms with Crippen molar-refractivity contribution in [1.29, 1.82) is 0 Å². The summed E-state index contributed by atoms with van der Waals surface area (Å²) in [5.41, 5.74) is 0.609. The Morgan fingerprint density at radius 2 is 2.00 bits per heavy atom. The fourth-order valence-corrected chi connectivity index (χ4v) is 1.79. The van der Waals surface area contributed by atoms with E-state index in [4.69, 9.17) is 9.47 Å². The zero-order valence-corrected chi connectivity index (χ0v) is 9.49. The van der Waals surface area contributed by atoms with Crippen LogP contribution < -0.4 is 9.47 Å². The zero-order chi connectivity index (χ0) is 9.84. The van der Waals surface area contributed by atoms with Crippen LogP contribution in [-0.4, -0.2) is 20.5 Å². The molecule has 0 saturated carbocycles. The van der Waals surface area contributed by atoms with Gasteiger partial charge >= 0.3 is 0 Å². The van der Waals surface area contributed by atoms with Crippen molar-refractivity contribution in [2.45, 2.75) is 0 Å². The maximum Gasteiger partial charge on any atom is 0.174 e. The SMILES string of the molecule is COc1ccc(C=O)c(I)c1OC. The molecule has 0 aromatic heterocycles. The summed E-state index contributed by atoms with van der Waals surface area (Å²) >= 11 is 2.05. The van der Waals surface area contributed by atoms with Crippen molar-refractivity contribution >= 4 is 28.9 Å². The molecule has 3 nitrogen and oxygen atoms in total. The lowest BCUT2D eigenvalue weighted by molar-refractivity contribution is 0.112. The molecule has 1 rings (SSSR count). The Morgan fingerprint density at radius 3 is 2.46 bits per heavy atom. The number of rotatable bonds is 3. The first-order chi connectivity index (χ1) is 6.24. The molecule has 0 heterocycles. The van der Waals surface area contributed by atoms with Gasteiger partial charge in [-0.15, -0.1) is 0 Å². The lowest BCUT2D eigenvalue weighted by atomic mass is 10.2. The summed E-state index contributed by atoms with van der Waals surface area (Å²) in [5, 5.41) is 0. The average Bonchev–Trinajstić information content (AvgIpc) is 2.17. The highest BCUT2D eigenvalue weighted by Crippen LogP contribution is 2.33. The monoisotopic (exact) mass is 292 g/mol. The molecule has 4 heteroatoms. The van der Waals surface area contributed by atoms with Gasteiger partial charge in [0.1, 0.15) is 0 Å². The Kier molecular flexibility index (Phi) is 3.53. The molecule has 0 atom stereocenters. The van der Waals surface area contributed by atoms with E-state index in [1.165, 1.54) is 0 Å². The van der Waals surface area contributed by atoms with Gasteiger partial charge in [-0.2, -0.15) is 0 Å². The fraction of sp³-hybridized carbons (Fsp3) is 0.222. The van der Waals surface area contributed by atoms with E-state index in [2.05, 4.69) is 22.6 Å². The molecule has 0 radical (unpaired) electrons. The second-order valence-electron chi connectivity index (χ2n) is 2.32. The Balaban J connectivity index is 3.31. The molecule has 0 aliphatic rings. The summed E-state index contributed by atoms with van der Waals surface area (Å²) in [4.78, 5) is 10.6. The fourth-order valence-electron chi connectivity index (χ4n) is 0.996. The van der Waals surface area contributed by atoms with Crippen LogP contribution in [0.3, 0.4) is 0 Å². The third-order valence-electron chi connectivity index (χ3n) is 1.64. The van der Waals surface area contributed by atoms with Gasteiger partial charge in [0, 0.05) is 5.56 Å². The third kappa shape index (κ3) is 1.93. The Morgan fingerprint density at radius 1 is 1.31 bits per heavy atom. The molecule has 70 valence electrons. The van der Waals surface area contributed by atoms with Crippen LogP contribution in [0.15, 0.2) is 12.1 Å². The smallest absolute Gasteiger partial charge is 0.174 e. The van der Waals surface area contributed by atoms with Crippen LogP contribution in [0.1, 0.15) is 10.4 Å². The van der Waals surface area contributed by atoms with Crippen LogP contribution in [0, 0.1) is 3.57 Å². The summed E-state index contributed by atoms with van der Waals surface area (Å²) in [7, 11) is 3.11. The predicted octanol–water partition coefficient (Wildman–Crippen LogP) is 2.12. The summed E-state index contributed by atoms with van der Waals surface area (Å²) in [6.07, 6.45) is 0.795. The van der Waals surface area contributed by atoms with Crippen LogP contribution >= 0.6 is 22.6 Å². The van der Waals surface area contributed by atoms with Gasteiger partial charge in [-0.05, 0) is 34.7 Å². The molecule has 0 fully saturated rings. The first kappa shape index (κ1) is 10.3. The lowest BCUT2D eigenvalue weighted by Crippen LogP contribution is -1.96. The normalized spacial score (nSPS) is 9.46. The van der Waals surface area contributed by atoms with E-state index in [0.29, 0.717) is 17.1 Å². The molecule has 0 aliphatic carbocycles. The zero-order valence-electron chi connectivity index (χ0n) is 7.33. The number of carbonyl (C=O) groups excluding carboxylic acids is 1. The van der Waals surface area contributed by atoms with Gasteiger partial charge in [-0.25, -0.2) is 0 Å². The van der Waals surface area contributed by atoms with Crippen molar-refractivity contribution in [1.82, 2.24) is 0 Å². The Hall–Kier alpha value is -0.780. The van der Waals surface area contributed by atoms with Crippen LogP contribution in [-0.2, 0) is 0 Å². The molecule has 1 aromatic rings. The molecule has 0 spiro atoms. The number of aldehydes is 1. The molecular weight excluding hydrogens is 283 g/mol. The molecule has 0 saturated heterocycles. The topological polar surface area (TPSA) is 35.5 Å². The number of hydrogen-bond donors (Lipinski definition) is 0. The number of ether oxygens (including phenoxy) is 2. The second kappa shape index (κ2) is 4.45. The number of hydrogen-bond acceptors (Lipinski definition) is 3. The van der Waals surface area contributed by atoms with E-state index < -0.39 is 0 Å². The third-order valence-corrected chi connectivity index (χ3v) is 2.75. The van der Waals surface area contributed by atoms with E-state index in [1.807, 2.05) is 0 Å². The summed E-state index contributed by atoms with van der Waals surface area (Å²) in [6, 6.07) is 3.42. The summed E-state index contributed by atoms with van der Waals surface area (Å²) in [6.45, 7) is 0. The van der Waals surface area contributed by atoms with Gasteiger partial charge in [0.05, 0.1) is 17.8 Å². The highest BCUT2D eigenvalue weighted by Gasteiger charge is 2.11. The van der Waals surface area contributed by atoms with Gasteiger partial charge in [0.15, 0.2) is 17.8 Å². The van der Waals surface area contributed by atoms with Gasteiger partial charge in [0.25, 0.3) is 0 Å². The van der Waals surface area contributed by atoms with E-state index in [9.17, 15) is 4.79 Å². The molecule has 13 heavy (non-hydrogen) atoms. The molecule has 0 N–H and O–H groups in total. The Bertz CT molecular complexity index is 323. The number of halogens is 1. The standard InChI is InChI=1S/C9H9IO3/c1-12-7-4-3-6(5-11)8(10)9(7)13-2/h3-5H,1-2H3. The van der Waals surface area contributed by atoms with Gasteiger partial charge in [-0.3, -0.25) is 4.79 Å². The van der Waals surface area contributed by atoms with Crippen LogP contribution in [0.25, 0.3) is 0 Å². The molecule has 0 aliphatic heterocycles. The van der Waals surface area contributed by atoms with Gasteiger partial charge in [0.2, 0.25) is 0 Å². The minimum Gasteiger partial charge on any atom is -0.493 e. The first-order valence-corrected chi connectivity index (χ1v) is 4.68. The minimum absolute atomic E-state index is 0.604. The molecule has 0 unspecified atom stereocenters. The van der Waals surface area contributed by atoms with E-state index in [0.717, 1.165) is 9.86 Å². The van der Waals surface area contributed by atoms with Crippen molar-refractivity contribution in [3.8, 4) is 11.5 Å². The maximum absolute atomic E-state index is 10.6.